The zero-order valence-electron chi connectivity index (χ0n) is 16.1. The molecule has 1 N–H and O–H groups in total. The molecule has 2 fully saturated rings. The second-order valence-corrected chi connectivity index (χ2v) is 7.86. The molecule has 0 aliphatic carbocycles. The number of nitrogens with zero attached hydrogens (tertiary/aromatic N) is 1. The minimum absolute atomic E-state index is 0.151. The Morgan fingerprint density at radius 2 is 1.66 bits per heavy atom. The lowest BCUT2D eigenvalue weighted by Gasteiger charge is -2.36. The minimum atomic E-state index is -0.720. The van der Waals surface area contributed by atoms with Gasteiger partial charge in [-0.05, 0) is 48.7 Å². The predicted molar refractivity (Wildman–Crippen MR) is 111 cm³/mol. The van der Waals surface area contributed by atoms with Crippen molar-refractivity contribution in [1.82, 2.24) is 0 Å². The van der Waals surface area contributed by atoms with Gasteiger partial charge in [0.2, 0.25) is 5.91 Å². The molecule has 2 aliphatic heterocycles. The van der Waals surface area contributed by atoms with Crippen molar-refractivity contribution in [3.63, 3.8) is 0 Å². The molecular formula is C22H24ClFN2O3. The maximum absolute atomic E-state index is 14.7. The number of anilines is 2. The highest BCUT2D eigenvalue weighted by Crippen LogP contribution is 2.37. The van der Waals surface area contributed by atoms with E-state index in [2.05, 4.69) is 5.32 Å². The zero-order chi connectivity index (χ0) is 20.3. The third kappa shape index (κ3) is 4.25. The van der Waals surface area contributed by atoms with Crippen molar-refractivity contribution < 1.29 is 18.7 Å². The second-order valence-electron chi connectivity index (χ2n) is 7.42. The van der Waals surface area contributed by atoms with Gasteiger partial charge in [-0.15, -0.1) is 0 Å². The van der Waals surface area contributed by atoms with E-state index in [-0.39, 0.29) is 11.7 Å². The Hall–Kier alpha value is -2.15. The summed E-state index contributed by atoms with van der Waals surface area (Å²) in [4.78, 5) is 15.3. The smallest absolute Gasteiger partial charge is 0.235 e. The molecule has 5 nitrogen and oxygen atoms in total. The lowest BCUT2D eigenvalue weighted by molar-refractivity contribution is -0.125. The molecule has 0 saturated carbocycles. The van der Waals surface area contributed by atoms with Crippen LogP contribution in [0.25, 0.3) is 0 Å². The molecule has 29 heavy (non-hydrogen) atoms. The number of morpholine rings is 1. The average molecular weight is 419 g/mol. The standard InChI is InChI=1S/C22H24ClFN2O3/c23-17-3-1-16(2-4-17)22(7-11-28-12-8-22)21(27)25-18-5-6-20(19(24)15-18)26-9-13-29-14-10-26/h1-6,15H,7-14H2,(H,25,27). The van der Waals surface area contributed by atoms with E-state index in [1.165, 1.54) is 6.07 Å². The molecule has 0 spiro atoms. The molecule has 2 saturated heterocycles. The Morgan fingerprint density at radius 3 is 2.31 bits per heavy atom. The van der Waals surface area contributed by atoms with Crippen LogP contribution in [0.15, 0.2) is 42.5 Å². The molecule has 7 heteroatoms. The fourth-order valence-corrected chi connectivity index (χ4v) is 4.16. The van der Waals surface area contributed by atoms with E-state index in [4.69, 9.17) is 21.1 Å². The van der Waals surface area contributed by atoms with Crippen LogP contribution in [0.3, 0.4) is 0 Å². The number of carbonyl (C=O) groups excluding carboxylic acids is 1. The Morgan fingerprint density at radius 1 is 1.00 bits per heavy atom. The van der Waals surface area contributed by atoms with Crippen LogP contribution in [0.4, 0.5) is 15.8 Å². The molecule has 0 bridgehead atoms. The van der Waals surface area contributed by atoms with Crippen LogP contribution in [-0.4, -0.2) is 45.4 Å². The molecule has 0 unspecified atom stereocenters. The van der Waals surface area contributed by atoms with Crippen molar-refractivity contribution in [3.05, 3.63) is 58.9 Å². The van der Waals surface area contributed by atoms with E-state index in [9.17, 15) is 9.18 Å². The molecule has 154 valence electrons. The van der Waals surface area contributed by atoms with Crippen LogP contribution in [0.1, 0.15) is 18.4 Å². The second kappa shape index (κ2) is 8.69. The summed E-state index contributed by atoms with van der Waals surface area (Å²) in [5, 5.41) is 3.55. The average Bonchev–Trinajstić information content (AvgIpc) is 2.75. The molecular weight excluding hydrogens is 395 g/mol. The summed E-state index contributed by atoms with van der Waals surface area (Å²) in [6, 6.07) is 12.2. The summed E-state index contributed by atoms with van der Waals surface area (Å²) in [6.45, 7) is 3.48. The Bertz CT molecular complexity index is 863. The van der Waals surface area contributed by atoms with Crippen molar-refractivity contribution in [2.24, 2.45) is 0 Å². The Labute approximate surface area is 174 Å². The Kier molecular flexibility index (Phi) is 6.04. The van der Waals surface area contributed by atoms with Gasteiger partial charge in [0.25, 0.3) is 0 Å². The maximum atomic E-state index is 14.7. The summed E-state index contributed by atoms with van der Waals surface area (Å²) in [7, 11) is 0. The van der Waals surface area contributed by atoms with Gasteiger partial charge in [-0.3, -0.25) is 4.79 Å². The van der Waals surface area contributed by atoms with Crippen molar-refractivity contribution in [1.29, 1.82) is 0 Å². The minimum Gasteiger partial charge on any atom is -0.381 e. The summed E-state index contributed by atoms with van der Waals surface area (Å²) >= 11 is 6.02. The number of carbonyl (C=O) groups is 1. The van der Waals surface area contributed by atoms with E-state index in [1.807, 2.05) is 17.0 Å². The molecule has 0 atom stereocenters. The van der Waals surface area contributed by atoms with Crippen LogP contribution < -0.4 is 10.2 Å². The van der Waals surface area contributed by atoms with Gasteiger partial charge in [0, 0.05) is 37.0 Å². The fraction of sp³-hybridized carbons (Fsp3) is 0.409. The molecule has 2 heterocycles. The molecule has 1 amide bonds. The highest BCUT2D eigenvalue weighted by molar-refractivity contribution is 6.30. The molecule has 0 aromatic heterocycles. The third-order valence-corrected chi connectivity index (χ3v) is 5.99. The van der Waals surface area contributed by atoms with E-state index < -0.39 is 5.41 Å². The van der Waals surface area contributed by atoms with E-state index in [1.54, 1.807) is 24.3 Å². The number of ether oxygens (including phenoxy) is 2. The topological polar surface area (TPSA) is 50.8 Å². The van der Waals surface area contributed by atoms with Gasteiger partial charge in [0.1, 0.15) is 5.82 Å². The first-order valence-corrected chi connectivity index (χ1v) is 10.2. The molecule has 2 aromatic rings. The Balaban J connectivity index is 1.56. The maximum Gasteiger partial charge on any atom is 0.235 e. The van der Waals surface area contributed by atoms with Gasteiger partial charge in [-0.1, -0.05) is 23.7 Å². The number of nitrogens with one attached hydrogen (secondary N) is 1. The van der Waals surface area contributed by atoms with E-state index in [0.717, 1.165) is 5.56 Å². The summed E-state index contributed by atoms with van der Waals surface area (Å²) in [5.41, 5.74) is 1.16. The monoisotopic (exact) mass is 418 g/mol. The van der Waals surface area contributed by atoms with Crippen molar-refractivity contribution in [2.75, 3.05) is 49.7 Å². The highest BCUT2D eigenvalue weighted by Gasteiger charge is 2.41. The first-order valence-electron chi connectivity index (χ1n) is 9.86. The summed E-state index contributed by atoms with van der Waals surface area (Å²) < 4.78 is 25.5. The molecule has 4 rings (SSSR count). The van der Waals surface area contributed by atoms with Gasteiger partial charge in [0.15, 0.2) is 0 Å². The van der Waals surface area contributed by atoms with Gasteiger partial charge in [-0.2, -0.15) is 0 Å². The lowest BCUT2D eigenvalue weighted by atomic mass is 9.73. The fourth-order valence-electron chi connectivity index (χ4n) is 4.03. The summed E-state index contributed by atoms with van der Waals surface area (Å²) in [6.07, 6.45) is 1.13. The lowest BCUT2D eigenvalue weighted by Crippen LogP contribution is -2.44. The van der Waals surface area contributed by atoms with E-state index >= 15 is 0 Å². The quantitative estimate of drug-likeness (QED) is 0.815. The van der Waals surface area contributed by atoms with Crippen LogP contribution in [0.5, 0.6) is 0 Å². The normalized spacial score (nSPS) is 19.0. The first-order chi connectivity index (χ1) is 14.1. The largest absolute Gasteiger partial charge is 0.381 e. The number of amides is 1. The number of rotatable bonds is 4. The predicted octanol–water partition coefficient (Wildman–Crippen LogP) is 4.00. The molecule has 2 aromatic carbocycles. The zero-order valence-corrected chi connectivity index (χ0v) is 16.9. The van der Waals surface area contributed by atoms with Crippen molar-refractivity contribution in [2.45, 2.75) is 18.3 Å². The number of hydrogen-bond donors (Lipinski definition) is 1. The van der Waals surface area contributed by atoms with E-state index in [0.29, 0.717) is 68.8 Å². The van der Waals surface area contributed by atoms with Gasteiger partial charge >= 0.3 is 0 Å². The van der Waals surface area contributed by atoms with Gasteiger partial charge < -0.3 is 19.7 Å². The molecule has 0 radical (unpaired) electrons. The van der Waals surface area contributed by atoms with Gasteiger partial charge in [0.05, 0.1) is 24.3 Å². The van der Waals surface area contributed by atoms with Crippen molar-refractivity contribution >= 4 is 28.9 Å². The first kappa shape index (κ1) is 20.1. The van der Waals surface area contributed by atoms with Crippen LogP contribution in [0.2, 0.25) is 5.02 Å². The third-order valence-electron chi connectivity index (χ3n) is 5.74. The molecule has 2 aliphatic rings. The number of benzene rings is 2. The number of halogens is 2. The van der Waals surface area contributed by atoms with Crippen LogP contribution in [-0.2, 0) is 19.7 Å². The van der Waals surface area contributed by atoms with Crippen LogP contribution in [0, 0.1) is 5.82 Å². The van der Waals surface area contributed by atoms with Gasteiger partial charge in [-0.25, -0.2) is 4.39 Å². The highest BCUT2D eigenvalue weighted by atomic mass is 35.5. The SMILES string of the molecule is O=C(Nc1ccc(N2CCOCC2)c(F)c1)C1(c2ccc(Cl)cc2)CCOCC1. The van der Waals surface area contributed by atoms with Crippen LogP contribution >= 0.6 is 11.6 Å². The number of hydrogen-bond acceptors (Lipinski definition) is 4. The van der Waals surface area contributed by atoms with Crippen molar-refractivity contribution in [3.8, 4) is 0 Å². The summed E-state index contributed by atoms with van der Waals surface area (Å²) in [5.74, 6) is -0.501.